The molecular formula is C17H20N4O5S. The van der Waals surface area contributed by atoms with Gasteiger partial charge in [0.05, 0.1) is 9.82 Å². The molecule has 0 unspecified atom stereocenters. The monoisotopic (exact) mass is 392 g/mol. The van der Waals surface area contributed by atoms with Crippen LogP contribution in [0, 0.1) is 16.0 Å². The number of hydrogen-bond acceptors (Lipinski definition) is 6. The van der Waals surface area contributed by atoms with Crippen LogP contribution in [-0.2, 0) is 21.4 Å². The molecule has 9 nitrogen and oxygen atoms in total. The highest BCUT2D eigenvalue weighted by Crippen LogP contribution is 2.18. The molecule has 2 aromatic rings. The molecule has 0 spiro atoms. The van der Waals surface area contributed by atoms with Gasteiger partial charge < -0.3 is 5.32 Å². The van der Waals surface area contributed by atoms with Gasteiger partial charge in [-0.3, -0.25) is 19.9 Å². The fourth-order valence-electron chi connectivity index (χ4n) is 2.29. The zero-order chi connectivity index (χ0) is 20.0. The quantitative estimate of drug-likeness (QED) is 0.518. The maximum atomic E-state index is 12.6. The summed E-state index contributed by atoms with van der Waals surface area (Å²) in [4.78, 5) is 26.3. The molecule has 0 saturated carbocycles. The molecular weight excluding hydrogens is 372 g/mol. The Hall–Kier alpha value is -2.85. The van der Waals surface area contributed by atoms with Crippen molar-refractivity contribution in [2.45, 2.75) is 31.3 Å². The first kappa shape index (κ1) is 20.5. The van der Waals surface area contributed by atoms with Crippen LogP contribution in [0.5, 0.6) is 0 Å². The van der Waals surface area contributed by atoms with Gasteiger partial charge in [-0.15, -0.1) is 0 Å². The normalized spacial score (nSPS) is 12.6. The van der Waals surface area contributed by atoms with Crippen molar-refractivity contribution in [3.63, 3.8) is 0 Å². The average molecular weight is 392 g/mol. The summed E-state index contributed by atoms with van der Waals surface area (Å²) in [6.45, 7) is 3.60. The Kier molecular flexibility index (Phi) is 6.59. The van der Waals surface area contributed by atoms with Crippen molar-refractivity contribution in [1.29, 1.82) is 0 Å². The van der Waals surface area contributed by atoms with Gasteiger partial charge in [0.25, 0.3) is 5.69 Å². The van der Waals surface area contributed by atoms with Crippen LogP contribution in [0.3, 0.4) is 0 Å². The summed E-state index contributed by atoms with van der Waals surface area (Å²) >= 11 is 0. The van der Waals surface area contributed by atoms with Crippen molar-refractivity contribution < 1.29 is 18.1 Å². The standard InChI is InChI=1S/C17H20N4O5S/c1-12(2)16(17(22)19-11-13-5-4-8-18-10-13)20-27(25,26)15-7-3-6-14(9-15)21(23)24/h3-10,12,16,20H,11H2,1-2H3,(H,19,22)/t16-/m0/s1. The van der Waals surface area contributed by atoms with Gasteiger partial charge >= 0.3 is 0 Å². The molecule has 0 bridgehead atoms. The van der Waals surface area contributed by atoms with E-state index in [-0.39, 0.29) is 23.0 Å². The topological polar surface area (TPSA) is 131 Å². The molecule has 0 aliphatic heterocycles. The number of rotatable bonds is 8. The summed E-state index contributed by atoms with van der Waals surface area (Å²) in [6, 6.07) is 7.13. The van der Waals surface area contributed by atoms with Crippen molar-refractivity contribution in [1.82, 2.24) is 15.0 Å². The minimum atomic E-state index is -4.12. The van der Waals surface area contributed by atoms with E-state index in [1.807, 2.05) is 0 Å². The maximum Gasteiger partial charge on any atom is 0.270 e. The number of nitro benzene ring substituents is 1. The molecule has 0 radical (unpaired) electrons. The molecule has 1 amide bonds. The van der Waals surface area contributed by atoms with Crippen molar-refractivity contribution in [3.05, 3.63) is 64.5 Å². The largest absolute Gasteiger partial charge is 0.351 e. The van der Waals surface area contributed by atoms with Crippen LogP contribution >= 0.6 is 0 Å². The van der Waals surface area contributed by atoms with Gasteiger partial charge in [-0.2, -0.15) is 4.72 Å². The highest BCUT2D eigenvalue weighted by Gasteiger charge is 2.29. The molecule has 2 rings (SSSR count). The number of carbonyl (C=O) groups is 1. The minimum Gasteiger partial charge on any atom is -0.351 e. The minimum absolute atomic E-state index is 0.203. The lowest BCUT2D eigenvalue weighted by atomic mass is 10.0. The van der Waals surface area contributed by atoms with Crippen molar-refractivity contribution in [2.24, 2.45) is 5.92 Å². The van der Waals surface area contributed by atoms with Crippen LogP contribution in [0.15, 0.2) is 53.7 Å². The summed E-state index contributed by atoms with van der Waals surface area (Å²) in [7, 11) is -4.12. The van der Waals surface area contributed by atoms with Crippen molar-refractivity contribution in [3.8, 4) is 0 Å². The van der Waals surface area contributed by atoms with E-state index < -0.39 is 26.9 Å². The predicted octanol–water partition coefficient (Wildman–Crippen LogP) is 1.61. The fourth-order valence-corrected chi connectivity index (χ4v) is 3.68. The summed E-state index contributed by atoms with van der Waals surface area (Å²) < 4.78 is 27.5. The molecule has 1 aromatic carbocycles. The number of hydrogen-bond donors (Lipinski definition) is 2. The van der Waals surface area contributed by atoms with Gasteiger partial charge in [-0.05, 0) is 23.6 Å². The molecule has 1 heterocycles. The third kappa shape index (κ3) is 5.56. The molecule has 0 aliphatic carbocycles. The van der Waals surface area contributed by atoms with E-state index in [9.17, 15) is 23.3 Å². The van der Waals surface area contributed by atoms with E-state index in [1.54, 1.807) is 38.4 Å². The molecule has 0 fully saturated rings. The highest BCUT2D eigenvalue weighted by molar-refractivity contribution is 7.89. The Morgan fingerprint density at radius 1 is 1.26 bits per heavy atom. The van der Waals surface area contributed by atoms with Gasteiger partial charge in [0.2, 0.25) is 15.9 Å². The Bertz CT molecular complexity index is 916. The second-order valence-corrected chi connectivity index (χ2v) is 7.89. The Labute approximate surface area is 157 Å². The number of nitrogens with zero attached hydrogens (tertiary/aromatic N) is 2. The number of non-ortho nitro benzene ring substituents is 1. The maximum absolute atomic E-state index is 12.6. The lowest BCUT2D eigenvalue weighted by Crippen LogP contribution is -2.49. The molecule has 2 N–H and O–H groups in total. The van der Waals surface area contributed by atoms with Crippen molar-refractivity contribution in [2.75, 3.05) is 0 Å². The number of carbonyl (C=O) groups excluding carboxylic acids is 1. The molecule has 0 saturated heterocycles. The Morgan fingerprint density at radius 3 is 2.59 bits per heavy atom. The van der Waals surface area contributed by atoms with Gasteiger partial charge in [0, 0.05) is 31.1 Å². The lowest BCUT2D eigenvalue weighted by molar-refractivity contribution is -0.385. The van der Waals surface area contributed by atoms with Crippen LogP contribution in [0.4, 0.5) is 5.69 Å². The summed E-state index contributed by atoms with van der Waals surface area (Å²) in [5.41, 5.74) is 0.426. The van der Waals surface area contributed by atoms with Gasteiger partial charge in [-0.1, -0.05) is 26.0 Å². The smallest absolute Gasteiger partial charge is 0.270 e. The van der Waals surface area contributed by atoms with E-state index in [4.69, 9.17) is 0 Å². The third-order valence-electron chi connectivity index (χ3n) is 3.76. The molecule has 27 heavy (non-hydrogen) atoms. The van der Waals surface area contributed by atoms with E-state index in [1.165, 1.54) is 18.2 Å². The summed E-state index contributed by atoms with van der Waals surface area (Å²) in [6.07, 6.45) is 3.20. The summed E-state index contributed by atoms with van der Waals surface area (Å²) in [5.74, 6) is -0.838. The number of aromatic nitrogens is 1. The first-order valence-corrected chi connectivity index (χ1v) is 9.62. The van der Waals surface area contributed by atoms with Crippen LogP contribution in [0.1, 0.15) is 19.4 Å². The van der Waals surface area contributed by atoms with E-state index >= 15 is 0 Å². The van der Waals surface area contributed by atoms with Crippen molar-refractivity contribution >= 4 is 21.6 Å². The molecule has 144 valence electrons. The second-order valence-electron chi connectivity index (χ2n) is 6.18. The van der Waals surface area contributed by atoms with E-state index in [2.05, 4.69) is 15.0 Å². The van der Waals surface area contributed by atoms with Gasteiger partial charge in [-0.25, -0.2) is 8.42 Å². The first-order chi connectivity index (χ1) is 12.7. The first-order valence-electron chi connectivity index (χ1n) is 8.14. The van der Waals surface area contributed by atoms with E-state index in [0.29, 0.717) is 0 Å². The second kappa shape index (κ2) is 8.69. The molecule has 10 heteroatoms. The van der Waals surface area contributed by atoms with Crippen LogP contribution in [0.2, 0.25) is 0 Å². The number of benzene rings is 1. The van der Waals surface area contributed by atoms with Crippen LogP contribution < -0.4 is 10.0 Å². The number of nitro groups is 1. The Balaban J connectivity index is 2.15. The number of nitrogens with one attached hydrogen (secondary N) is 2. The Morgan fingerprint density at radius 2 is 2.00 bits per heavy atom. The van der Waals surface area contributed by atoms with E-state index in [0.717, 1.165) is 11.6 Å². The molecule has 1 atom stereocenters. The number of amides is 1. The summed E-state index contributed by atoms with van der Waals surface area (Å²) in [5, 5.41) is 13.5. The lowest BCUT2D eigenvalue weighted by Gasteiger charge is -2.21. The molecule has 0 aliphatic rings. The highest BCUT2D eigenvalue weighted by atomic mass is 32.2. The van der Waals surface area contributed by atoms with Gasteiger partial charge in [0.15, 0.2) is 0 Å². The van der Waals surface area contributed by atoms with Gasteiger partial charge in [0.1, 0.15) is 6.04 Å². The zero-order valence-electron chi connectivity index (χ0n) is 14.8. The number of sulfonamides is 1. The zero-order valence-corrected chi connectivity index (χ0v) is 15.6. The predicted molar refractivity (Wildman–Crippen MR) is 98.1 cm³/mol. The number of pyridine rings is 1. The molecule has 1 aromatic heterocycles. The third-order valence-corrected chi connectivity index (χ3v) is 5.20. The fraction of sp³-hybridized carbons (Fsp3) is 0.294. The van der Waals surface area contributed by atoms with Crippen LogP contribution in [0.25, 0.3) is 0 Å². The SMILES string of the molecule is CC(C)[C@H](NS(=O)(=O)c1cccc([N+](=O)[O-])c1)C(=O)NCc1cccnc1. The average Bonchev–Trinajstić information content (AvgIpc) is 2.65. The van der Waals surface area contributed by atoms with Crippen LogP contribution in [-0.4, -0.2) is 30.3 Å².